The Morgan fingerprint density at radius 3 is 2.65 bits per heavy atom. The number of rotatable bonds is 4. The minimum absolute atomic E-state index is 0.844. The number of benzene rings is 1. The summed E-state index contributed by atoms with van der Waals surface area (Å²) in [5.74, 6) is 0. The Morgan fingerprint density at radius 1 is 1.18 bits per heavy atom. The zero-order valence-corrected chi connectivity index (χ0v) is 10.7. The molecule has 0 amide bonds. The molecule has 90 valence electrons. The second-order valence-corrected chi connectivity index (χ2v) is 4.39. The minimum Gasteiger partial charge on any atom is -0.316 e. The average Bonchev–Trinajstić information content (AvgIpc) is 2.63. The SMILES string of the molecule is CNCc1cn(Cc2ccccc2C)nc1C. The molecule has 0 fully saturated rings. The lowest BCUT2D eigenvalue weighted by Crippen LogP contribution is -2.05. The van der Waals surface area contributed by atoms with E-state index >= 15 is 0 Å². The van der Waals surface area contributed by atoms with Crippen molar-refractivity contribution in [1.29, 1.82) is 0 Å². The fraction of sp³-hybridized carbons (Fsp3) is 0.357. The lowest BCUT2D eigenvalue weighted by atomic mass is 10.1. The molecule has 0 saturated carbocycles. The average molecular weight is 229 g/mol. The van der Waals surface area contributed by atoms with E-state index < -0.39 is 0 Å². The van der Waals surface area contributed by atoms with Crippen LogP contribution in [0.15, 0.2) is 30.5 Å². The van der Waals surface area contributed by atoms with Crippen molar-refractivity contribution in [2.45, 2.75) is 26.9 Å². The van der Waals surface area contributed by atoms with Crippen molar-refractivity contribution in [2.24, 2.45) is 0 Å². The smallest absolute Gasteiger partial charge is 0.0662 e. The third-order valence-corrected chi connectivity index (χ3v) is 3.01. The van der Waals surface area contributed by atoms with Crippen molar-refractivity contribution in [2.75, 3.05) is 7.05 Å². The number of hydrogen-bond donors (Lipinski definition) is 1. The van der Waals surface area contributed by atoms with Gasteiger partial charge in [0, 0.05) is 18.3 Å². The van der Waals surface area contributed by atoms with Gasteiger partial charge >= 0.3 is 0 Å². The molecule has 1 aromatic heterocycles. The predicted molar refractivity (Wildman–Crippen MR) is 70.0 cm³/mol. The zero-order valence-electron chi connectivity index (χ0n) is 10.7. The zero-order chi connectivity index (χ0) is 12.3. The minimum atomic E-state index is 0.844. The van der Waals surface area contributed by atoms with Gasteiger partial charge < -0.3 is 5.32 Å². The fourth-order valence-electron chi connectivity index (χ4n) is 1.97. The van der Waals surface area contributed by atoms with Gasteiger partial charge in [0.05, 0.1) is 12.2 Å². The van der Waals surface area contributed by atoms with E-state index in [-0.39, 0.29) is 0 Å². The topological polar surface area (TPSA) is 29.9 Å². The number of hydrogen-bond acceptors (Lipinski definition) is 2. The maximum Gasteiger partial charge on any atom is 0.0662 e. The van der Waals surface area contributed by atoms with Crippen molar-refractivity contribution < 1.29 is 0 Å². The maximum absolute atomic E-state index is 4.54. The highest BCUT2D eigenvalue weighted by atomic mass is 15.3. The molecule has 0 bridgehead atoms. The highest BCUT2D eigenvalue weighted by Crippen LogP contribution is 2.11. The largest absolute Gasteiger partial charge is 0.316 e. The molecule has 1 N–H and O–H groups in total. The van der Waals surface area contributed by atoms with E-state index in [0.717, 1.165) is 18.8 Å². The molecule has 0 atom stereocenters. The molecule has 1 aromatic carbocycles. The highest BCUT2D eigenvalue weighted by Gasteiger charge is 2.05. The van der Waals surface area contributed by atoms with Gasteiger partial charge in [-0.3, -0.25) is 4.68 Å². The molecule has 0 spiro atoms. The van der Waals surface area contributed by atoms with E-state index in [1.54, 1.807) is 0 Å². The molecule has 3 nitrogen and oxygen atoms in total. The van der Waals surface area contributed by atoms with Crippen molar-refractivity contribution in [3.63, 3.8) is 0 Å². The highest BCUT2D eigenvalue weighted by molar-refractivity contribution is 5.26. The Kier molecular flexibility index (Phi) is 3.59. The van der Waals surface area contributed by atoms with E-state index in [1.165, 1.54) is 16.7 Å². The van der Waals surface area contributed by atoms with Crippen molar-refractivity contribution in [3.05, 3.63) is 52.8 Å². The van der Waals surface area contributed by atoms with Crippen LogP contribution < -0.4 is 5.32 Å². The first-order valence-electron chi connectivity index (χ1n) is 5.92. The molecule has 17 heavy (non-hydrogen) atoms. The summed E-state index contributed by atoms with van der Waals surface area (Å²) in [7, 11) is 1.96. The van der Waals surface area contributed by atoms with Gasteiger partial charge in [0.2, 0.25) is 0 Å². The third kappa shape index (κ3) is 2.74. The van der Waals surface area contributed by atoms with Crippen LogP contribution in [-0.2, 0) is 13.1 Å². The predicted octanol–water partition coefficient (Wildman–Crippen LogP) is 2.27. The van der Waals surface area contributed by atoms with Gasteiger partial charge in [-0.15, -0.1) is 0 Å². The summed E-state index contributed by atoms with van der Waals surface area (Å²) in [5, 5.41) is 7.70. The molecule has 0 saturated heterocycles. The van der Waals surface area contributed by atoms with E-state index in [1.807, 2.05) is 11.7 Å². The maximum atomic E-state index is 4.54. The Labute approximate surface area is 102 Å². The molecule has 0 unspecified atom stereocenters. The van der Waals surface area contributed by atoms with Crippen molar-refractivity contribution >= 4 is 0 Å². The lowest BCUT2D eigenvalue weighted by molar-refractivity contribution is 0.676. The molecular weight excluding hydrogens is 210 g/mol. The van der Waals surface area contributed by atoms with Crippen LogP contribution in [0.1, 0.15) is 22.4 Å². The summed E-state index contributed by atoms with van der Waals surface area (Å²) < 4.78 is 2.02. The van der Waals surface area contributed by atoms with Crippen LogP contribution in [0, 0.1) is 13.8 Å². The van der Waals surface area contributed by atoms with Crippen molar-refractivity contribution in [3.8, 4) is 0 Å². The molecule has 0 aliphatic rings. The summed E-state index contributed by atoms with van der Waals surface area (Å²) in [6.45, 7) is 5.91. The second kappa shape index (κ2) is 5.15. The van der Waals surface area contributed by atoms with E-state index in [2.05, 4.69) is 54.7 Å². The van der Waals surface area contributed by atoms with Crippen LogP contribution in [0.4, 0.5) is 0 Å². The summed E-state index contributed by atoms with van der Waals surface area (Å²) in [6, 6.07) is 8.44. The number of aryl methyl sites for hydroxylation is 2. The number of aromatic nitrogens is 2. The Hall–Kier alpha value is -1.61. The second-order valence-electron chi connectivity index (χ2n) is 4.39. The van der Waals surface area contributed by atoms with E-state index in [4.69, 9.17) is 0 Å². The summed E-state index contributed by atoms with van der Waals surface area (Å²) in [6.07, 6.45) is 2.12. The quantitative estimate of drug-likeness (QED) is 0.871. The Morgan fingerprint density at radius 2 is 1.94 bits per heavy atom. The van der Waals surface area contributed by atoms with Gasteiger partial charge in [-0.05, 0) is 32.0 Å². The van der Waals surface area contributed by atoms with Gasteiger partial charge in [0.1, 0.15) is 0 Å². The van der Waals surface area contributed by atoms with Gasteiger partial charge in [-0.1, -0.05) is 24.3 Å². The van der Waals surface area contributed by atoms with Gasteiger partial charge in [-0.2, -0.15) is 5.10 Å². The first-order valence-corrected chi connectivity index (χ1v) is 5.92. The van der Waals surface area contributed by atoms with Crippen LogP contribution >= 0.6 is 0 Å². The van der Waals surface area contributed by atoms with Gasteiger partial charge in [0.15, 0.2) is 0 Å². The lowest BCUT2D eigenvalue weighted by Gasteiger charge is -2.05. The van der Waals surface area contributed by atoms with Crippen LogP contribution in [0.5, 0.6) is 0 Å². The normalized spacial score (nSPS) is 10.8. The monoisotopic (exact) mass is 229 g/mol. The summed E-state index contributed by atoms with van der Waals surface area (Å²) in [4.78, 5) is 0. The number of nitrogens with zero attached hydrogens (tertiary/aromatic N) is 2. The third-order valence-electron chi connectivity index (χ3n) is 3.01. The molecule has 1 heterocycles. The first kappa shape index (κ1) is 11.9. The molecule has 0 radical (unpaired) electrons. The molecule has 0 aliphatic carbocycles. The standard InChI is InChI=1S/C14H19N3/c1-11-6-4-5-7-13(11)9-17-10-14(8-15-3)12(2)16-17/h4-7,10,15H,8-9H2,1-3H3. The van der Waals surface area contributed by atoms with Crippen LogP contribution in [-0.4, -0.2) is 16.8 Å². The summed E-state index contributed by atoms with van der Waals surface area (Å²) in [5.41, 5.74) is 5.01. The Balaban J connectivity index is 2.19. The Bertz CT molecular complexity index is 500. The summed E-state index contributed by atoms with van der Waals surface area (Å²) >= 11 is 0. The van der Waals surface area contributed by atoms with Crippen molar-refractivity contribution in [1.82, 2.24) is 15.1 Å². The van der Waals surface area contributed by atoms with E-state index in [0.29, 0.717) is 0 Å². The first-order chi connectivity index (χ1) is 8.20. The van der Waals surface area contributed by atoms with E-state index in [9.17, 15) is 0 Å². The molecule has 2 rings (SSSR count). The van der Waals surface area contributed by atoms with Crippen LogP contribution in [0.3, 0.4) is 0 Å². The molecule has 0 aliphatic heterocycles. The molecule has 2 aromatic rings. The fourth-order valence-corrected chi connectivity index (χ4v) is 1.97. The molecular formula is C14H19N3. The molecule has 3 heteroatoms. The van der Waals surface area contributed by atoms with Crippen LogP contribution in [0.2, 0.25) is 0 Å². The van der Waals surface area contributed by atoms with Gasteiger partial charge in [0.25, 0.3) is 0 Å². The van der Waals surface area contributed by atoms with Gasteiger partial charge in [-0.25, -0.2) is 0 Å². The number of nitrogens with one attached hydrogen (secondary N) is 1. The van der Waals surface area contributed by atoms with Crippen LogP contribution in [0.25, 0.3) is 0 Å².